The fourth-order valence-corrected chi connectivity index (χ4v) is 3.81. The highest BCUT2D eigenvalue weighted by atomic mass is 32.1. The Morgan fingerprint density at radius 3 is 2.56 bits per heavy atom. The van der Waals surface area contributed by atoms with Crippen molar-refractivity contribution in [3.05, 3.63) is 97.6 Å². The average molecular weight is 378 g/mol. The van der Waals surface area contributed by atoms with E-state index < -0.39 is 0 Å². The number of aromatic nitrogens is 1. The van der Waals surface area contributed by atoms with Crippen molar-refractivity contribution >= 4 is 23.3 Å². The Bertz CT molecular complexity index is 1030. The number of thiazole rings is 1. The Morgan fingerprint density at radius 1 is 1.15 bits per heavy atom. The van der Waals surface area contributed by atoms with Crippen LogP contribution >= 0.6 is 11.3 Å². The van der Waals surface area contributed by atoms with Crippen LogP contribution in [0.5, 0.6) is 0 Å². The van der Waals surface area contributed by atoms with Gasteiger partial charge in [0.1, 0.15) is 4.88 Å². The normalized spacial score (nSPS) is 10.6. The third-order valence-corrected chi connectivity index (χ3v) is 5.52. The minimum absolute atomic E-state index is 0.124. The molecule has 0 saturated carbocycles. The van der Waals surface area contributed by atoms with Gasteiger partial charge in [-0.05, 0) is 30.5 Å². The quantitative estimate of drug-likeness (QED) is 0.701. The third kappa shape index (κ3) is 4.44. The highest BCUT2D eigenvalue weighted by Crippen LogP contribution is 2.15. The van der Waals surface area contributed by atoms with Gasteiger partial charge < -0.3 is 5.32 Å². The molecule has 3 aromatic rings. The van der Waals surface area contributed by atoms with Gasteiger partial charge in [0, 0.05) is 12.2 Å². The second kappa shape index (κ2) is 8.18. The first-order chi connectivity index (χ1) is 13.0. The molecule has 0 bridgehead atoms. The van der Waals surface area contributed by atoms with Gasteiger partial charge in [-0.1, -0.05) is 78.1 Å². The van der Waals surface area contributed by atoms with Crippen molar-refractivity contribution < 1.29 is 4.79 Å². The maximum absolute atomic E-state index is 12.6. The van der Waals surface area contributed by atoms with Crippen LogP contribution in [-0.2, 0) is 13.1 Å². The minimum Gasteiger partial charge on any atom is -0.347 e. The van der Waals surface area contributed by atoms with Crippen LogP contribution in [0.2, 0.25) is 0 Å². The van der Waals surface area contributed by atoms with Crippen LogP contribution < -0.4 is 10.2 Å². The SMILES string of the molecule is C=Cc1ccc(Cn2c(C)c(C(=O)NCc3cccc(C)c3)sc2=O)cc1. The summed E-state index contributed by atoms with van der Waals surface area (Å²) < 4.78 is 1.65. The number of amides is 1. The minimum atomic E-state index is -0.211. The van der Waals surface area contributed by atoms with E-state index in [1.54, 1.807) is 10.6 Å². The Kier molecular flexibility index (Phi) is 5.72. The summed E-state index contributed by atoms with van der Waals surface area (Å²) in [4.78, 5) is 25.3. The van der Waals surface area contributed by atoms with Gasteiger partial charge in [-0.15, -0.1) is 0 Å². The van der Waals surface area contributed by atoms with E-state index in [1.165, 1.54) is 0 Å². The van der Waals surface area contributed by atoms with Gasteiger partial charge in [0.15, 0.2) is 0 Å². The molecule has 0 atom stereocenters. The molecule has 4 nitrogen and oxygen atoms in total. The second-order valence-corrected chi connectivity index (χ2v) is 7.45. The summed E-state index contributed by atoms with van der Waals surface area (Å²) in [5.74, 6) is -0.211. The van der Waals surface area contributed by atoms with Gasteiger partial charge in [-0.2, -0.15) is 0 Å². The van der Waals surface area contributed by atoms with Gasteiger partial charge in [-0.25, -0.2) is 0 Å². The molecule has 27 heavy (non-hydrogen) atoms. The van der Waals surface area contributed by atoms with Crippen molar-refractivity contribution in [2.45, 2.75) is 26.9 Å². The largest absolute Gasteiger partial charge is 0.347 e. The summed E-state index contributed by atoms with van der Waals surface area (Å²) in [6, 6.07) is 15.9. The lowest BCUT2D eigenvalue weighted by Crippen LogP contribution is -2.23. The van der Waals surface area contributed by atoms with E-state index in [4.69, 9.17) is 0 Å². The van der Waals surface area contributed by atoms with Crippen molar-refractivity contribution in [1.82, 2.24) is 9.88 Å². The number of carbonyl (C=O) groups excluding carboxylic acids is 1. The van der Waals surface area contributed by atoms with Crippen molar-refractivity contribution in [2.75, 3.05) is 0 Å². The zero-order valence-electron chi connectivity index (χ0n) is 15.5. The molecule has 1 amide bonds. The molecule has 0 aliphatic carbocycles. The molecule has 5 heteroatoms. The summed E-state index contributed by atoms with van der Waals surface area (Å²) in [7, 11) is 0. The molecule has 3 rings (SSSR count). The topological polar surface area (TPSA) is 51.1 Å². The van der Waals surface area contributed by atoms with E-state index in [1.807, 2.05) is 62.4 Å². The molecule has 1 N–H and O–H groups in total. The summed E-state index contributed by atoms with van der Waals surface area (Å²) in [6.45, 7) is 8.46. The summed E-state index contributed by atoms with van der Waals surface area (Å²) >= 11 is 0.993. The Morgan fingerprint density at radius 2 is 1.89 bits per heavy atom. The Balaban J connectivity index is 1.74. The van der Waals surface area contributed by atoms with Gasteiger partial charge >= 0.3 is 4.87 Å². The molecule has 0 radical (unpaired) electrons. The van der Waals surface area contributed by atoms with Crippen LogP contribution in [0.25, 0.3) is 6.08 Å². The lowest BCUT2D eigenvalue weighted by Gasteiger charge is -2.08. The van der Waals surface area contributed by atoms with Crippen LogP contribution in [0.15, 0.2) is 59.9 Å². The van der Waals surface area contributed by atoms with E-state index >= 15 is 0 Å². The fourth-order valence-electron chi connectivity index (χ4n) is 2.90. The molecule has 1 heterocycles. The van der Waals surface area contributed by atoms with Crippen molar-refractivity contribution in [2.24, 2.45) is 0 Å². The molecule has 0 saturated heterocycles. The van der Waals surface area contributed by atoms with Crippen LogP contribution in [-0.4, -0.2) is 10.5 Å². The number of benzene rings is 2. The number of aryl methyl sites for hydroxylation is 1. The predicted octanol–water partition coefficient (Wildman–Crippen LogP) is 4.15. The monoisotopic (exact) mass is 378 g/mol. The van der Waals surface area contributed by atoms with Crippen LogP contribution in [0.1, 0.15) is 37.6 Å². The van der Waals surface area contributed by atoms with E-state index in [2.05, 4.69) is 11.9 Å². The Labute approximate surface area is 162 Å². The molecule has 0 aliphatic heterocycles. The summed E-state index contributed by atoms with van der Waals surface area (Å²) in [5, 5.41) is 2.91. The molecular weight excluding hydrogens is 356 g/mol. The van der Waals surface area contributed by atoms with Crippen LogP contribution in [0.3, 0.4) is 0 Å². The molecule has 0 unspecified atom stereocenters. The molecule has 0 spiro atoms. The number of hydrogen-bond acceptors (Lipinski definition) is 3. The fraction of sp³-hybridized carbons (Fsp3) is 0.182. The first-order valence-electron chi connectivity index (χ1n) is 8.73. The molecule has 0 fully saturated rings. The number of rotatable bonds is 6. The van der Waals surface area contributed by atoms with Gasteiger partial charge in [0.05, 0.1) is 6.54 Å². The van der Waals surface area contributed by atoms with Crippen molar-refractivity contribution in [1.29, 1.82) is 0 Å². The number of nitrogens with zero attached hydrogens (tertiary/aromatic N) is 1. The maximum atomic E-state index is 12.6. The number of hydrogen-bond donors (Lipinski definition) is 1. The average Bonchev–Trinajstić information content (AvgIpc) is 2.95. The van der Waals surface area contributed by atoms with Crippen molar-refractivity contribution in [3.8, 4) is 0 Å². The van der Waals surface area contributed by atoms with Crippen LogP contribution in [0, 0.1) is 13.8 Å². The molecule has 0 aliphatic rings. The predicted molar refractivity (Wildman–Crippen MR) is 111 cm³/mol. The number of nitrogens with one attached hydrogen (secondary N) is 1. The van der Waals surface area contributed by atoms with E-state index in [9.17, 15) is 9.59 Å². The van der Waals surface area contributed by atoms with Crippen molar-refractivity contribution in [3.63, 3.8) is 0 Å². The van der Waals surface area contributed by atoms with Gasteiger partial charge in [-0.3, -0.25) is 14.2 Å². The lowest BCUT2D eigenvalue weighted by atomic mass is 10.1. The summed E-state index contributed by atoms with van der Waals surface area (Å²) in [5.41, 5.74) is 4.92. The zero-order valence-corrected chi connectivity index (χ0v) is 16.3. The molecule has 138 valence electrons. The molecule has 2 aromatic carbocycles. The van der Waals surface area contributed by atoms with E-state index in [-0.39, 0.29) is 10.8 Å². The maximum Gasteiger partial charge on any atom is 0.308 e. The molecule has 1 aromatic heterocycles. The van der Waals surface area contributed by atoms with Crippen LogP contribution in [0.4, 0.5) is 0 Å². The highest BCUT2D eigenvalue weighted by Gasteiger charge is 2.17. The summed E-state index contributed by atoms with van der Waals surface area (Å²) in [6.07, 6.45) is 1.78. The first-order valence-corrected chi connectivity index (χ1v) is 9.55. The van der Waals surface area contributed by atoms with Gasteiger partial charge in [0.25, 0.3) is 5.91 Å². The Hall–Kier alpha value is -2.92. The van der Waals surface area contributed by atoms with E-state index in [0.717, 1.165) is 33.6 Å². The van der Waals surface area contributed by atoms with Gasteiger partial charge in [0.2, 0.25) is 0 Å². The zero-order chi connectivity index (χ0) is 19.4. The second-order valence-electron chi connectivity index (χ2n) is 6.49. The highest BCUT2D eigenvalue weighted by molar-refractivity contribution is 7.11. The standard InChI is InChI=1S/C22H22N2O2S/c1-4-17-8-10-18(11-9-17)14-24-16(3)20(27-22(24)26)21(25)23-13-19-7-5-6-15(2)12-19/h4-12H,1,13-14H2,2-3H3,(H,23,25). The van der Waals surface area contributed by atoms with E-state index in [0.29, 0.717) is 23.7 Å². The number of carbonyl (C=O) groups is 1. The first kappa shape index (κ1) is 18.9. The third-order valence-electron chi connectivity index (χ3n) is 4.44. The molecular formula is C22H22N2O2S. The lowest BCUT2D eigenvalue weighted by molar-refractivity contribution is 0.0954. The smallest absolute Gasteiger partial charge is 0.308 e.